The second-order valence-electron chi connectivity index (χ2n) is 8.20. The molecule has 2 atom stereocenters. The van der Waals surface area contributed by atoms with Gasteiger partial charge in [-0.25, -0.2) is 4.99 Å². The molecule has 1 N–H and O–H groups in total. The first kappa shape index (κ1) is 18.6. The lowest BCUT2D eigenvalue weighted by atomic mass is 9.94. The quantitative estimate of drug-likeness (QED) is 0.688. The monoisotopic (exact) mass is 409 g/mol. The topological polar surface area (TPSA) is 85.2 Å². The Morgan fingerprint density at radius 1 is 1.28 bits per heavy atom. The number of hydrogen-bond donors (Lipinski definition) is 1. The Morgan fingerprint density at radius 2 is 2.10 bits per heavy atom. The molecule has 1 saturated heterocycles. The van der Waals surface area contributed by atoms with Crippen LogP contribution in [0, 0.1) is 0 Å². The van der Waals surface area contributed by atoms with Crippen LogP contribution in [0.5, 0.6) is 0 Å². The van der Waals surface area contributed by atoms with Gasteiger partial charge in [0.2, 0.25) is 0 Å². The lowest BCUT2D eigenvalue weighted by molar-refractivity contribution is -0.0705. The number of nitrogens with zero attached hydrogens (tertiary/aromatic N) is 4. The summed E-state index contributed by atoms with van der Waals surface area (Å²) in [6.07, 6.45) is 5.07. The maximum atomic E-state index is 13.1. The van der Waals surface area contributed by atoms with Gasteiger partial charge in [-0.3, -0.25) is 24.5 Å². The van der Waals surface area contributed by atoms with E-state index in [1.54, 1.807) is 24.2 Å². The first-order valence-corrected chi connectivity index (χ1v) is 10.7. The van der Waals surface area contributed by atoms with Gasteiger partial charge in [-0.15, -0.1) is 0 Å². The number of benzene rings is 1. The van der Waals surface area contributed by atoms with Crippen LogP contribution in [0.1, 0.15) is 56.0 Å². The van der Waals surface area contributed by atoms with Crippen molar-refractivity contribution < 1.29 is 4.74 Å². The molecule has 8 heteroatoms. The minimum Gasteiger partial charge on any atom is -0.375 e. The van der Waals surface area contributed by atoms with Crippen molar-refractivity contribution in [2.75, 3.05) is 6.61 Å². The Morgan fingerprint density at radius 3 is 2.93 bits per heavy atom. The van der Waals surface area contributed by atoms with Crippen LogP contribution in [-0.2, 0) is 4.74 Å². The second kappa shape index (κ2) is 6.81. The molecule has 1 fully saturated rings. The van der Waals surface area contributed by atoms with Crippen molar-refractivity contribution in [1.29, 1.82) is 0 Å². The molecule has 0 spiro atoms. The van der Waals surface area contributed by atoms with E-state index in [9.17, 15) is 4.79 Å². The molecule has 2 aliphatic rings. The molecule has 150 valence electrons. The summed E-state index contributed by atoms with van der Waals surface area (Å²) in [6, 6.07) is 6.11. The Labute approximate surface area is 172 Å². The van der Waals surface area contributed by atoms with Crippen LogP contribution in [0.4, 0.5) is 5.82 Å². The standard InChI is InChI=1S/C21H23N5O2S/c1-12-24-19-16(20(27)25-26(19)13-7-10-28-21(2,3)11-13)18(29-12)14-5-4-6-15-17(14)23-9-8-22-15/h4-6,8-9,13,18H,7,10-11H2,1-3H3,(H,25,27)/t13-,18+/m1/s1. The predicted molar refractivity (Wildman–Crippen MR) is 115 cm³/mol. The molecule has 0 bridgehead atoms. The van der Waals surface area contributed by atoms with Gasteiger partial charge in [0, 0.05) is 19.0 Å². The lowest BCUT2D eigenvalue weighted by Crippen LogP contribution is -2.35. The number of H-pyrrole nitrogens is 1. The van der Waals surface area contributed by atoms with E-state index in [4.69, 9.17) is 9.73 Å². The lowest BCUT2D eigenvalue weighted by Gasteiger charge is -2.36. The minimum atomic E-state index is -0.218. The summed E-state index contributed by atoms with van der Waals surface area (Å²) in [6.45, 7) is 6.85. The molecule has 7 nitrogen and oxygen atoms in total. The number of nitrogens with one attached hydrogen (secondary N) is 1. The zero-order chi connectivity index (χ0) is 20.2. The fourth-order valence-electron chi connectivity index (χ4n) is 4.34. The van der Waals surface area contributed by atoms with Crippen molar-refractivity contribution in [3.8, 4) is 0 Å². The van der Waals surface area contributed by atoms with E-state index < -0.39 is 0 Å². The highest BCUT2D eigenvalue weighted by Gasteiger charge is 2.36. The third-order valence-corrected chi connectivity index (χ3v) is 6.76. The third kappa shape index (κ3) is 3.20. The van der Waals surface area contributed by atoms with E-state index in [0.29, 0.717) is 12.2 Å². The summed E-state index contributed by atoms with van der Waals surface area (Å²) in [5.41, 5.74) is 3.04. The summed E-state index contributed by atoms with van der Waals surface area (Å²) in [5, 5.41) is 3.85. The van der Waals surface area contributed by atoms with E-state index in [1.807, 2.05) is 29.8 Å². The molecule has 5 rings (SSSR count). The fraction of sp³-hybridized carbons (Fsp3) is 0.429. The maximum Gasteiger partial charge on any atom is 0.271 e. The van der Waals surface area contributed by atoms with Gasteiger partial charge < -0.3 is 4.74 Å². The highest BCUT2D eigenvalue weighted by molar-refractivity contribution is 8.14. The fourth-order valence-corrected chi connectivity index (χ4v) is 5.47. The van der Waals surface area contributed by atoms with Crippen LogP contribution in [0.3, 0.4) is 0 Å². The maximum absolute atomic E-state index is 13.1. The number of aliphatic imine (C=N–C) groups is 1. The number of aromatic amines is 1. The Kier molecular flexibility index (Phi) is 4.36. The Balaban J connectivity index is 1.66. The average molecular weight is 410 g/mol. The number of fused-ring (bicyclic) bond motifs is 2. The summed E-state index contributed by atoms with van der Waals surface area (Å²) < 4.78 is 7.83. The van der Waals surface area contributed by atoms with Crippen molar-refractivity contribution >= 4 is 33.7 Å². The molecule has 0 amide bonds. The van der Waals surface area contributed by atoms with Gasteiger partial charge in [-0.1, -0.05) is 23.9 Å². The number of rotatable bonds is 2. The summed E-state index contributed by atoms with van der Waals surface area (Å²) in [4.78, 5) is 26.8. The number of hydrogen-bond acceptors (Lipinski definition) is 6. The van der Waals surface area contributed by atoms with Gasteiger partial charge in [-0.2, -0.15) is 0 Å². The molecule has 2 aromatic heterocycles. The average Bonchev–Trinajstić information content (AvgIpc) is 3.02. The van der Waals surface area contributed by atoms with E-state index in [1.165, 1.54) is 0 Å². The molecule has 29 heavy (non-hydrogen) atoms. The first-order valence-electron chi connectivity index (χ1n) is 9.83. The van der Waals surface area contributed by atoms with E-state index >= 15 is 0 Å². The smallest absolute Gasteiger partial charge is 0.271 e. The van der Waals surface area contributed by atoms with Gasteiger partial charge in [0.1, 0.15) is 0 Å². The molecule has 0 aliphatic carbocycles. The molecule has 2 aliphatic heterocycles. The summed E-state index contributed by atoms with van der Waals surface area (Å²) in [7, 11) is 0. The van der Waals surface area contributed by atoms with Gasteiger partial charge in [0.05, 0.1) is 38.5 Å². The first-order chi connectivity index (χ1) is 13.9. The van der Waals surface area contributed by atoms with Crippen molar-refractivity contribution in [1.82, 2.24) is 19.7 Å². The van der Waals surface area contributed by atoms with E-state index in [0.717, 1.165) is 40.3 Å². The van der Waals surface area contributed by atoms with Gasteiger partial charge in [-0.05, 0) is 45.2 Å². The summed E-state index contributed by atoms with van der Waals surface area (Å²) >= 11 is 1.60. The molecule has 4 heterocycles. The highest BCUT2D eigenvalue weighted by Crippen LogP contribution is 2.46. The van der Waals surface area contributed by atoms with Crippen LogP contribution in [0.15, 0.2) is 40.4 Å². The SMILES string of the molecule is CC1=Nc2c(c(=O)[nH]n2[C@@H]2CCOC(C)(C)C2)[C@H](c2cccc3nccnc23)S1. The molecule has 1 aromatic carbocycles. The number of aromatic nitrogens is 4. The van der Waals surface area contributed by atoms with Crippen molar-refractivity contribution in [3.63, 3.8) is 0 Å². The van der Waals surface area contributed by atoms with Gasteiger partial charge in [0.15, 0.2) is 5.82 Å². The predicted octanol–water partition coefficient (Wildman–Crippen LogP) is 4.14. The normalized spacial score (nSPS) is 23.6. The molecular formula is C21H23N5O2S. The van der Waals surface area contributed by atoms with Crippen molar-refractivity contribution in [2.24, 2.45) is 4.99 Å². The molecule has 0 radical (unpaired) electrons. The van der Waals surface area contributed by atoms with E-state index in [2.05, 4.69) is 28.9 Å². The molecule has 3 aromatic rings. The zero-order valence-electron chi connectivity index (χ0n) is 16.7. The van der Waals surface area contributed by atoms with Crippen LogP contribution in [0.25, 0.3) is 11.0 Å². The summed E-state index contributed by atoms with van der Waals surface area (Å²) in [5.74, 6) is 0.736. The molecular weight excluding hydrogens is 386 g/mol. The Bertz CT molecular complexity index is 1170. The number of para-hydroxylation sites is 1. The van der Waals surface area contributed by atoms with Crippen LogP contribution in [0.2, 0.25) is 0 Å². The zero-order valence-corrected chi connectivity index (χ0v) is 17.5. The highest BCUT2D eigenvalue weighted by atomic mass is 32.2. The van der Waals surface area contributed by atoms with Crippen molar-refractivity contribution in [2.45, 2.75) is 50.5 Å². The van der Waals surface area contributed by atoms with Gasteiger partial charge >= 0.3 is 0 Å². The van der Waals surface area contributed by atoms with E-state index in [-0.39, 0.29) is 22.5 Å². The molecule has 0 unspecified atom stereocenters. The molecule has 0 saturated carbocycles. The van der Waals surface area contributed by atoms with Crippen LogP contribution < -0.4 is 5.56 Å². The van der Waals surface area contributed by atoms with Crippen LogP contribution >= 0.6 is 11.8 Å². The number of ether oxygens (including phenoxy) is 1. The van der Waals surface area contributed by atoms with Gasteiger partial charge in [0.25, 0.3) is 5.56 Å². The second-order valence-corrected chi connectivity index (χ2v) is 9.50. The largest absolute Gasteiger partial charge is 0.375 e. The Hall–Kier alpha value is -2.45. The third-order valence-electron chi connectivity index (χ3n) is 5.60. The van der Waals surface area contributed by atoms with Crippen molar-refractivity contribution in [3.05, 3.63) is 52.1 Å². The minimum absolute atomic E-state index is 0.0843. The van der Waals surface area contributed by atoms with Crippen LogP contribution in [-0.4, -0.2) is 37.0 Å². The number of thioether (sulfide) groups is 1.